The van der Waals surface area contributed by atoms with Gasteiger partial charge >= 0.3 is 6.18 Å². The van der Waals surface area contributed by atoms with E-state index in [1.807, 2.05) is 16.8 Å². The Bertz CT molecular complexity index is 1460. The lowest BCUT2D eigenvalue weighted by molar-refractivity contribution is -0.137. The topological polar surface area (TPSA) is 68.2 Å². The summed E-state index contributed by atoms with van der Waals surface area (Å²) in [5.74, 6) is -0.245. The van der Waals surface area contributed by atoms with Crippen molar-refractivity contribution in [2.75, 3.05) is 5.75 Å². The van der Waals surface area contributed by atoms with E-state index < -0.39 is 21.6 Å². The van der Waals surface area contributed by atoms with Gasteiger partial charge in [-0.15, -0.1) is 0 Å². The first-order valence-electron chi connectivity index (χ1n) is 10.9. The Morgan fingerprint density at radius 1 is 0.914 bits per heavy atom. The van der Waals surface area contributed by atoms with Crippen molar-refractivity contribution in [1.29, 1.82) is 0 Å². The van der Waals surface area contributed by atoms with Crippen LogP contribution >= 0.6 is 0 Å². The molecule has 1 aromatic heterocycles. The van der Waals surface area contributed by atoms with Gasteiger partial charge in [-0.3, -0.25) is 4.79 Å². The summed E-state index contributed by atoms with van der Waals surface area (Å²) in [5.41, 5.74) is 2.15. The minimum atomic E-state index is -4.37. The molecule has 0 spiro atoms. The second-order valence-electron chi connectivity index (χ2n) is 8.14. The Balaban J connectivity index is 1.42. The van der Waals surface area contributed by atoms with Crippen LogP contribution in [0.25, 0.3) is 10.9 Å². The minimum absolute atomic E-state index is 0.0254. The van der Waals surface area contributed by atoms with E-state index in [1.54, 1.807) is 37.3 Å². The molecule has 0 aliphatic heterocycles. The van der Waals surface area contributed by atoms with Gasteiger partial charge in [0.2, 0.25) is 0 Å². The number of rotatable bonds is 7. The average Bonchev–Trinajstić information content (AvgIpc) is 3.24. The highest BCUT2D eigenvalue weighted by atomic mass is 32.2. The van der Waals surface area contributed by atoms with Crippen LogP contribution in [0.4, 0.5) is 13.2 Å². The zero-order valence-electron chi connectivity index (χ0n) is 18.8. The number of amides is 1. The van der Waals surface area contributed by atoms with E-state index in [-0.39, 0.29) is 23.1 Å². The highest BCUT2D eigenvalue weighted by Gasteiger charge is 2.29. The third-order valence-electron chi connectivity index (χ3n) is 5.78. The second-order valence-corrected chi connectivity index (χ2v) is 10.4. The normalized spacial score (nSPS) is 12.1. The van der Waals surface area contributed by atoms with E-state index in [1.165, 1.54) is 24.3 Å². The lowest BCUT2D eigenvalue weighted by Gasteiger charge is -2.10. The van der Waals surface area contributed by atoms with Crippen LogP contribution in [0.1, 0.15) is 34.0 Å². The molecule has 4 aromatic rings. The minimum Gasteiger partial charge on any atom is -0.348 e. The molecule has 0 unspecified atom stereocenters. The molecule has 0 saturated heterocycles. The maximum atomic E-state index is 12.8. The van der Waals surface area contributed by atoms with E-state index >= 15 is 0 Å². The summed E-state index contributed by atoms with van der Waals surface area (Å²) in [5, 5.41) is 3.66. The molecule has 1 amide bonds. The fraction of sp³-hybridized carbons (Fsp3) is 0.192. The number of fused-ring (bicyclic) bond motifs is 1. The standard InChI is InChI=1S/C26H23F3N2O3S/c1-2-35(33,34)23-10-5-18(6-11-23)16-30-25(32)21-7-12-24-20(15-21)13-14-31(24)17-19-3-8-22(9-4-19)26(27,28)29/h3-15H,2,16-17H2,1H3,(H,30,32). The Hall–Kier alpha value is -3.59. The third kappa shape index (κ3) is 5.57. The smallest absolute Gasteiger partial charge is 0.348 e. The zero-order valence-corrected chi connectivity index (χ0v) is 19.7. The summed E-state index contributed by atoms with van der Waals surface area (Å²) in [6.45, 7) is 2.23. The maximum absolute atomic E-state index is 12.8. The number of carbonyl (C=O) groups excluding carboxylic acids is 1. The Kier molecular flexibility index (Phi) is 6.71. The molecule has 182 valence electrons. The van der Waals surface area contributed by atoms with Gasteiger partial charge in [0, 0.05) is 35.8 Å². The lowest BCUT2D eigenvalue weighted by Crippen LogP contribution is -2.22. The fourth-order valence-electron chi connectivity index (χ4n) is 3.74. The molecule has 0 bridgehead atoms. The molecule has 4 rings (SSSR count). The molecular formula is C26H23F3N2O3S. The maximum Gasteiger partial charge on any atom is 0.416 e. The second kappa shape index (κ2) is 9.58. The molecule has 3 aromatic carbocycles. The van der Waals surface area contributed by atoms with Crippen molar-refractivity contribution in [2.45, 2.75) is 31.1 Å². The average molecular weight is 501 g/mol. The monoisotopic (exact) mass is 500 g/mol. The molecular weight excluding hydrogens is 477 g/mol. The van der Waals surface area contributed by atoms with Gasteiger partial charge in [-0.25, -0.2) is 8.42 Å². The van der Waals surface area contributed by atoms with Gasteiger partial charge in [0.05, 0.1) is 16.2 Å². The summed E-state index contributed by atoms with van der Waals surface area (Å²) < 4.78 is 64.0. The van der Waals surface area contributed by atoms with Gasteiger partial charge in [0.25, 0.3) is 5.91 Å². The van der Waals surface area contributed by atoms with Crippen LogP contribution in [0.2, 0.25) is 0 Å². The molecule has 0 fully saturated rings. The predicted octanol–water partition coefficient (Wildman–Crippen LogP) is 5.43. The number of benzene rings is 3. The first kappa shape index (κ1) is 24.5. The number of hydrogen-bond acceptors (Lipinski definition) is 3. The molecule has 0 saturated carbocycles. The van der Waals surface area contributed by atoms with Crippen LogP contribution in [0.15, 0.2) is 83.9 Å². The van der Waals surface area contributed by atoms with Gasteiger partial charge in [-0.1, -0.05) is 31.2 Å². The van der Waals surface area contributed by atoms with Crippen LogP contribution in [0.5, 0.6) is 0 Å². The Morgan fingerprint density at radius 3 is 2.20 bits per heavy atom. The third-order valence-corrected chi connectivity index (χ3v) is 7.53. The highest BCUT2D eigenvalue weighted by molar-refractivity contribution is 7.91. The number of alkyl halides is 3. The number of carbonyl (C=O) groups is 1. The molecule has 5 nitrogen and oxygen atoms in total. The summed E-state index contributed by atoms with van der Waals surface area (Å²) in [6, 6.07) is 18.6. The van der Waals surface area contributed by atoms with Crippen LogP contribution in [-0.2, 0) is 29.1 Å². The van der Waals surface area contributed by atoms with E-state index in [4.69, 9.17) is 0 Å². The molecule has 0 aliphatic rings. The van der Waals surface area contributed by atoms with Gasteiger partial charge in [0.1, 0.15) is 0 Å². The molecule has 0 aliphatic carbocycles. The number of hydrogen-bond donors (Lipinski definition) is 1. The number of sulfone groups is 1. The molecule has 1 heterocycles. The van der Waals surface area contributed by atoms with E-state index in [2.05, 4.69) is 5.32 Å². The first-order valence-corrected chi connectivity index (χ1v) is 12.6. The van der Waals surface area contributed by atoms with Crippen LogP contribution in [0, 0.1) is 0 Å². The summed E-state index contributed by atoms with van der Waals surface area (Å²) in [6.07, 6.45) is -2.54. The van der Waals surface area contributed by atoms with Gasteiger partial charge in [0.15, 0.2) is 9.84 Å². The van der Waals surface area contributed by atoms with Crippen molar-refractivity contribution in [1.82, 2.24) is 9.88 Å². The van der Waals surface area contributed by atoms with Crippen molar-refractivity contribution in [3.05, 3.63) is 101 Å². The van der Waals surface area contributed by atoms with Gasteiger partial charge < -0.3 is 9.88 Å². The molecule has 9 heteroatoms. The number of halogens is 3. The quantitative estimate of drug-likeness (QED) is 0.368. The number of nitrogens with zero attached hydrogens (tertiary/aromatic N) is 1. The molecule has 35 heavy (non-hydrogen) atoms. The highest BCUT2D eigenvalue weighted by Crippen LogP contribution is 2.29. The van der Waals surface area contributed by atoms with Crippen molar-refractivity contribution >= 4 is 26.6 Å². The van der Waals surface area contributed by atoms with Crippen molar-refractivity contribution in [2.24, 2.45) is 0 Å². The van der Waals surface area contributed by atoms with Crippen LogP contribution < -0.4 is 5.32 Å². The largest absolute Gasteiger partial charge is 0.416 e. The first-order chi connectivity index (χ1) is 16.6. The predicted molar refractivity (Wildman–Crippen MR) is 128 cm³/mol. The molecule has 0 atom stereocenters. The summed E-state index contributed by atoms with van der Waals surface area (Å²) >= 11 is 0. The Morgan fingerprint density at radius 2 is 1.57 bits per heavy atom. The van der Waals surface area contributed by atoms with Crippen LogP contribution in [-0.4, -0.2) is 24.6 Å². The van der Waals surface area contributed by atoms with Crippen molar-refractivity contribution in [3.8, 4) is 0 Å². The van der Waals surface area contributed by atoms with Crippen molar-refractivity contribution < 1.29 is 26.4 Å². The molecule has 0 radical (unpaired) electrons. The number of aromatic nitrogens is 1. The lowest BCUT2D eigenvalue weighted by atomic mass is 10.1. The van der Waals surface area contributed by atoms with E-state index in [0.717, 1.165) is 34.2 Å². The van der Waals surface area contributed by atoms with Gasteiger partial charge in [-0.2, -0.15) is 13.2 Å². The molecule has 1 N–H and O–H groups in total. The van der Waals surface area contributed by atoms with E-state index in [0.29, 0.717) is 12.1 Å². The fourth-order valence-corrected chi connectivity index (χ4v) is 4.62. The van der Waals surface area contributed by atoms with Gasteiger partial charge in [-0.05, 0) is 59.7 Å². The summed E-state index contributed by atoms with van der Waals surface area (Å²) in [4.78, 5) is 12.9. The summed E-state index contributed by atoms with van der Waals surface area (Å²) in [7, 11) is -3.27. The number of nitrogens with one attached hydrogen (secondary N) is 1. The Labute approximate surface area is 201 Å². The zero-order chi connectivity index (χ0) is 25.2. The van der Waals surface area contributed by atoms with E-state index in [9.17, 15) is 26.4 Å². The van der Waals surface area contributed by atoms with Crippen LogP contribution in [0.3, 0.4) is 0 Å². The van der Waals surface area contributed by atoms with Crippen molar-refractivity contribution in [3.63, 3.8) is 0 Å². The SMILES string of the molecule is CCS(=O)(=O)c1ccc(CNC(=O)c2ccc3c(ccn3Cc3ccc(C(F)(F)F)cc3)c2)cc1.